The van der Waals surface area contributed by atoms with E-state index < -0.39 is 6.04 Å². The molecule has 4 heteroatoms. The summed E-state index contributed by atoms with van der Waals surface area (Å²) < 4.78 is 5.24. The van der Waals surface area contributed by atoms with Gasteiger partial charge >= 0.3 is 0 Å². The Bertz CT molecular complexity index is 223. The number of carbonyl (C=O) groups is 1. The normalized spacial score (nSPS) is 20.0. The number of likely N-dealkylation sites (tertiary alicyclic amines) is 1. The number of carbonyl (C=O) groups excluding carboxylic acids is 1. The number of nitrogens with zero attached hydrogens (tertiary/aromatic N) is 1. The summed E-state index contributed by atoms with van der Waals surface area (Å²) in [6.45, 7) is 5.09. The number of piperidine rings is 1. The maximum absolute atomic E-state index is 11.8. The second kappa shape index (κ2) is 5.88. The van der Waals surface area contributed by atoms with Crippen molar-refractivity contribution in [3.05, 3.63) is 12.7 Å². The summed E-state index contributed by atoms with van der Waals surface area (Å²) in [6.07, 6.45) is 4.34. The van der Waals surface area contributed by atoms with Crippen molar-refractivity contribution in [3.8, 4) is 0 Å². The highest BCUT2D eigenvalue weighted by atomic mass is 16.5. The third-order valence-corrected chi connectivity index (χ3v) is 2.82. The molecule has 0 spiro atoms. The molecule has 1 amide bonds. The van der Waals surface area contributed by atoms with Crippen LogP contribution in [0, 0.1) is 0 Å². The molecule has 0 aliphatic carbocycles. The molecule has 0 radical (unpaired) electrons. The minimum atomic E-state index is -0.429. The van der Waals surface area contributed by atoms with E-state index in [1.807, 2.05) is 4.90 Å². The molecule has 0 bridgehead atoms. The third-order valence-electron chi connectivity index (χ3n) is 2.82. The standard InChI is InChI=1S/C11H20N2O2/c1-3-4-10(12)11(14)13-7-5-9(15-2)6-8-13/h3,9-10H,1,4-8,12H2,2H3. The lowest BCUT2D eigenvalue weighted by Crippen LogP contribution is -2.48. The Morgan fingerprint density at radius 3 is 2.73 bits per heavy atom. The van der Waals surface area contributed by atoms with E-state index in [2.05, 4.69) is 6.58 Å². The first-order valence-corrected chi connectivity index (χ1v) is 5.37. The first kappa shape index (κ1) is 12.2. The molecule has 0 aromatic heterocycles. The maximum atomic E-state index is 11.8. The maximum Gasteiger partial charge on any atom is 0.239 e. The first-order chi connectivity index (χ1) is 7.19. The molecule has 0 aromatic carbocycles. The van der Waals surface area contributed by atoms with Crippen LogP contribution in [0.25, 0.3) is 0 Å². The van der Waals surface area contributed by atoms with Gasteiger partial charge in [0, 0.05) is 20.2 Å². The van der Waals surface area contributed by atoms with Gasteiger partial charge in [0.05, 0.1) is 12.1 Å². The average molecular weight is 212 g/mol. The summed E-state index contributed by atoms with van der Waals surface area (Å²) in [5, 5.41) is 0. The quantitative estimate of drug-likeness (QED) is 0.691. The van der Waals surface area contributed by atoms with Gasteiger partial charge in [-0.05, 0) is 19.3 Å². The SMILES string of the molecule is C=CCC(N)C(=O)N1CCC(OC)CC1. The fourth-order valence-electron chi connectivity index (χ4n) is 1.83. The predicted molar refractivity (Wildman–Crippen MR) is 59.4 cm³/mol. The van der Waals surface area contributed by atoms with Gasteiger partial charge in [0.2, 0.25) is 5.91 Å². The molecular formula is C11H20N2O2. The van der Waals surface area contributed by atoms with Gasteiger partial charge in [0.25, 0.3) is 0 Å². The van der Waals surface area contributed by atoms with Crippen LogP contribution in [0.4, 0.5) is 0 Å². The fourth-order valence-corrected chi connectivity index (χ4v) is 1.83. The van der Waals surface area contributed by atoms with E-state index in [0.717, 1.165) is 25.9 Å². The fraction of sp³-hybridized carbons (Fsp3) is 0.727. The van der Waals surface area contributed by atoms with E-state index >= 15 is 0 Å². The van der Waals surface area contributed by atoms with Crippen LogP contribution in [0.2, 0.25) is 0 Å². The molecule has 4 nitrogen and oxygen atoms in total. The highest BCUT2D eigenvalue weighted by Crippen LogP contribution is 2.13. The van der Waals surface area contributed by atoms with Crippen molar-refractivity contribution < 1.29 is 9.53 Å². The number of amides is 1. The van der Waals surface area contributed by atoms with E-state index in [0.29, 0.717) is 12.5 Å². The van der Waals surface area contributed by atoms with Gasteiger partial charge in [-0.15, -0.1) is 6.58 Å². The largest absolute Gasteiger partial charge is 0.381 e. The number of methoxy groups -OCH3 is 1. The van der Waals surface area contributed by atoms with Gasteiger partial charge in [0.1, 0.15) is 0 Å². The topological polar surface area (TPSA) is 55.6 Å². The van der Waals surface area contributed by atoms with E-state index in [9.17, 15) is 4.79 Å². The molecule has 2 N–H and O–H groups in total. The van der Waals surface area contributed by atoms with E-state index in [-0.39, 0.29) is 5.91 Å². The summed E-state index contributed by atoms with van der Waals surface area (Å²) >= 11 is 0. The zero-order valence-electron chi connectivity index (χ0n) is 9.32. The van der Waals surface area contributed by atoms with Crippen LogP contribution in [-0.2, 0) is 9.53 Å². The molecule has 1 aliphatic heterocycles. The average Bonchev–Trinajstić information content (AvgIpc) is 2.28. The number of ether oxygens (including phenoxy) is 1. The van der Waals surface area contributed by atoms with Gasteiger partial charge < -0.3 is 15.4 Å². The Kier molecular flexibility index (Phi) is 4.78. The molecule has 1 aliphatic rings. The van der Waals surface area contributed by atoms with E-state index in [1.165, 1.54) is 0 Å². The summed E-state index contributed by atoms with van der Waals surface area (Å²) in [7, 11) is 1.71. The molecule has 1 atom stereocenters. The molecule has 1 fully saturated rings. The van der Waals surface area contributed by atoms with Crippen LogP contribution >= 0.6 is 0 Å². The number of hydrogen-bond acceptors (Lipinski definition) is 3. The minimum Gasteiger partial charge on any atom is -0.381 e. The lowest BCUT2D eigenvalue weighted by Gasteiger charge is -2.32. The Hall–Kier alpha value is -0.870. The summed E-state index contributed by atoms with van der Waals surface area (Å²) in [5.41, 5.74) is 5.73. The molecule has 1 heterocycles. The third kappa shape index (κ3) is 3.32. The molecule has 1 rings (SSSR count). The van der Waals surface area contributed by atoms with E-state index in [4.69, 9.17) is 10.5 Å². The second-order valence-corrected chi connectivity index (χ2v) is 3.89. The highest BCUT2D eigenvalue weighted by molar-refractivity contribution is 5.81. The predicted octanol–water partition coefficient (Wildman–Crippen LogP) is 0.527. The summed E-state index contributed by atoms with van der Waals surface area (Å²) in [4.78, 5) is 13.6. The van der Waals surface area contributed by atoms with Gasteiger partial charge in [-0.2, -0.15) is 0 Å². The number of rotatable bonds is 4. The highest BCUT2D eigenvalue weighted by Gasteiger charge is 2.25. The molecule has 0 aromatic rings. The van der Waals surface area contributed by atoms with Crippen LogP contribution < -0.4 is 5.73 Å². The molecule has 1 saturated heterocycles. The molecular weight excluding hydrogens is 192 g/mol. The summed E-state index contributed by atoms with van der Waals surface area (Å²) in [6, 6.07) is -0.429. The smallest absolute Gasteiger partial charge is 0.239 e. The molecule has 1 unspecified atom stereocenters. The summed E-state index contributed by atoms with van der Waals surface area (Å²) in [5.74, 6) is 0.0319. The molecule has 0 saturated carbocycles. The van der Waals surface area contributed by atoms with Gasteiger partial charge in [-0.3, -0.25) is 4.79 Å². The van der Waals surface area contributed by atoms with Crippen molar-refractivity contribution in [3.63, 3.8) is 0 Å². The van der Waals surface area contributed by atoms with Crippen LogP contribution in [0.3, 0.4) is 0 Å². The van der Waals surface area contributed by atoms with Crippen LogP contribution in [-0.4, -0.2) is 43.2 Å². The van der Waals surface area contributed by atoms with Crippen molar-refractivity contribution in [1.82, 2.24) is 4.90 Å². The zero-order chi connectivity index (χ0) is 11.3. The van der Waals surface area contributed by atoms with Gasteiger partial charge in [-0.1, -0.05) is 6.08 Å². The van der Waals surface area contributed by atoms with Gasteiger partial charge in [-0.25, -0.2) is 0 Å². The van der Waals surface area contributed by atoms with Crippen LogP contribution in [0.15, 0.2) is 12.7 Å². The minimum absolute atomic E-state index is 0.0319. The van der Waals surface area contributed by atoms with Crippen molar-refractivity contribution in [2.24, 2.45) is 5.73 Å². The Morgan fingerprint density at radius 1 is 1.67 bits per heavy atom. The van der Waals surface area contributed by atoms with Crippen molar-refractivity contribution >= 4 is 5.91 Å². The lowest BCUT2D eigenvalue weighted by molar-refractivity contribution is -0.134. The molecule has 86 valence electrons. The Balaban J connectivity index is 2.38. The number of hydrogen-bond donors (Lipinski definition) is 1. The second-order valence-electron chi connectivity index (χ2n) is 3.89. The van der Waals surface area contributed by atoms with Crippen molar-refractivity contribution in [1.29, 1.82) is 0 Å². The van der Waals surface area contributed by atoms with E-state index in [1.54, 1.807) is 13.2 Å². The van der Waals surface area contributed by atoms with Crippen LogP contribution in [0.5, 0.6) is 0 Å². The Labute approximate surface area is 91.1 Å². The van der Waals surface area contributed by atoms with Crippen molar-refractivity contribution in [2.45, 2.75) is 31.4 Å². The van der Waals surface area contributed by atoms with Gasteiger partial charge in [0.15, 0.2) is 0 Å². The monoisotopic (exact) mass is 212 g/mol. The first-order valence-electron chi connectivity index (χ1n) is 5.37. The lowest BCUT2D eigenvalue weighted by atomic mass is 10.1. The van der Waals surface area contributed by atoms with Crippen LogP contribution in [0.1, 0.15) is 19.3 Å². The zero-order valence-corrected chi connectivity index (χ0v) is 9.32. The Morgan fingerprint density at radius 2 is 2.27 bits per heavy atom. The number of nitrogens with two attached hydrogens (primary N) is 1. The molecule has 15 heavy (non-hydrogen) atoms. The van der Waals surface area contributed by atoms with Crippen molar-refractivity contribution in [2.75, 3.05) is 20.2 Å².